The summed E-state index contributed by atoms with van der Waals surface area (Å²) in [6.45, 7) is 4.11. The lowest BCUT2D eigenvalue weighted by atomic mass is 10.1. The minimum Gasteiger partial charge on any atom is -0.354 e. The molecule has 0 spiro atoms. The number of hydrogen-bond acceptors (Lipinski definition) is 3. The Morgan fingerprint density at radius 1 is 1.27 bits per heavy atom. The molecule has 0 aromatic heterocycles. The molecule has 22 heavy (non-hydrogen) atoms. The van der Waals surface area contributed by atoms with Crippen LogP contribution in [0.2, 0.25) is 0 Å². The summed E-state index contributed by atoms with van der Waals surface area (Å²) < 4.78 is 0.750. The lowest BCUT2D eigenvalue weighted by Crippen LogP contribution is -2.37. The number of carbonyl (C=O) groups excluding carboxylic acids is 3. The highest BCUT2D eigenvalue weighted by Crippen LogP contribution is 2.26. The molecule has 5 nitrogen and oxygen atoms in total. The van der Waals surface area contributed by atoms with Crippen molar-refractivity contribution in [3.05, 3.63) is 33.8 Å². The molecule has 2 rings (SSSR count). The third kappa shape index (κ3) is 3.55. The quantitative estimate of drug-likeness (QED) is 0.787. The van der Waals surface area contributed by atoms with Gasteiger partial charge in [-0.05, 0) is 31.5 Å². The van der Waals surface area contributed by atoms with Crippen molar-refractivity contribution in [2.45, 2.75) is 39.2 Å². The summed E-state index contributed by atoms with van der Waals surface area (Å²) in [5.41, 5.74) is 0.784. The molecule has 1 heterocycles. The number of imide groups is 1. The van der Waals surface area contributed by atoms with E-state index in [2.05, 4.69) is 28.2 Å². The van der Waals surface area contributed by atoms with E-state index in [9.17, 15) is 14.4 Å². The number of fused-ring (bicyclic) bond motifs is 1. The molecule has 1 N–H and O–H groups in total. The van der Waals surface area contributed by atoms with Crippen LogP contribution in [0, 0.1) is 0 Å². The average Bonchev–Trinajstić information content (AvgIpc) is 2.68. The fourth-order valence-electron chi connectivity index (χ4n) is 2.53. The molecular weight excluding hydrogens is 348 g/mol. The van der Waals surface area contributed by atoms with Gasteiger partial charge in [0.2, 0.25) is 5.91 Å². The van der Waals surface area contributed by atoms with Crippen LogP contribution in [-0.4, -0.2) is 35.2 Å². The van der Waals surface area contributed by atoms with Gasteiger partial charge in [-0.3, -0.25) is 19.3 Å². The van der Waals surface area contributed by atoms with Crippen molar-refractivity contribution in [1.29, 1.82) is 0 Å². The molecule has 0 aliphatic carbocycles. The molecule has 0 saturated carbocycles. The monoisotopic (exact) mass is 366 g/mol. The van der Waals surface area contributed by atoms with E-state index >= 15 is 0 Å². The van der Waals surface area contributed by atoms with Gasteiger partial charge in [-0.2, -0.15) is 0 Å². The van der Waals surface area contributed by atoms with E-state index in [0.717, 1.165) is 22.2 Å². The minimum absolute atomic E-state index is 0.106. The molecule has 118 valence electrons. The van der Waals surface area contributed by atoms with Crippen LogP contribution in [0.15, 0.2) is 22.7 Å². The second-order valence-corrected chi connectivity index (χ2v) is 6.37. The second-order valence-electron chi connectivity index (χ2n) is 5.46. The van der Waals surface area contributed by atoms with Crippen LogP contribution in [-0.2, 0) is 4.79 Å². The Balaban J connectivity index is 1.96. The first kappa shape index (κ1) is 16.7. The first-order valence-corrected chi connectivity index (χ1v) is 8.18. The third-order valence-corrected chi connectivity index (χ3v) is 4.12. The number of benzene rings is 1. The first-order chi connectivity index (χ1) is 10.4. The van der Waals surface area contributed by atoms with Crippen LogP contribution in [0.4, 0.5) is 0 Å². The lowest BCUT2D eigenvalue weighted by Gasteiger charge is -2.16. The molecule has 0 unspecified atom stereocenters. The molecular formula is C16H19BrN2O3. The van der Waals surface area contributed by atoms with Crippen molar-refractivity contribution in [1.82, 2.24) is 10.2 Å². The molecule has 1 aromatic carbocycles. The molecule has 6 heteroatoms. The van der Waals surface area contributed by atoms with E-state index in [1.807, 2.05) is 6.92 Å². The molecule has 1 atom stereocenters. The van der Waals surface area contributed by atoms with E-state index in [1.54, 1.807) is 18.2 Å². The number of halogens is 1. The molecule has 1 aliphatic rings. The van der Waals surface area contributed by atoms with Crippen molar-refractivity contribution >= 4 is 33.7 Å². The van der Waals surface area contributed by atoms with Crippen LogP contribution in [0.1, 0.15) is 53.8 Å². The minimum atomic E-state index is -0.337. The predicted molar refractivity (Wildman–Crippen MR) is 86.6 cm³/mol. The Labute approximate surface area is 138 Å². The fourth-order valence-corrected chi connectivity index (χ4v) is 2.89. The normalized spacial score (nSPS) is 15.0. The summed E-state index contributed by atoms with van der Waals surface area (Å²) in [5, 5.41) is 2.87. The van der Waals surface area contributed by atoms with Gasteiger partial charge >= 0.3 is 0 Å². The molecule has 3 amide bonds. The Bertz CT molecular complexity index is 615. The highest BCUT2D eigenvalue weighted by Gasteiger charge is 2.35. The van der Waals surface area contributed by atoms with Crippen molar-refractivity contribution < 1.29 is 14.4 Å². The largest absolute Gasteiger partial charge is 0.354 e. The zero-order chi connectivity index (χ0) is 16.3. The van der Waals surface area contributed by atoms with Gasteiger partial charge in [0.25, 0.3) is 11.8 Å². The lowest BCUT2D eigenvalue weighted by molar-refractivity contribution is -0.121. The Morgan fingerprint density at radius 3 is 2.64 bits per heavy atom. The topological polar surface area (TPSA) is 66.5 Å². The smallest absolute Gasteiger partial charge is 0.261 e. The molecule has 1 aliphatic heterocycles. The van der Waals surface area contributed by atoms with Crippen molar-refractivity contribution in [3.63, 3.8) is 0 Å². The zero-order valence-corrected chi connectivity index (χ0v) is 14.3. The molecule has 0 saturated heterocycles. The van der Waals surface area contributed by atoms with E-state index in [-0.39, 0.29) is 36.7 Å². The average molecular weight is 367 g/mol. The van der Waals surface area contributed by atoms with E-state index in [0.29, 0.717) is 11.1 Å². The van der Waals surface area contributed by atoms with Gasteiger partial charge in [0.15, 0.2) is 0 Å². The summed E-state index contributed by atoms with van der Waals surface area (Å²) in [6.07, 6.45) is 2.03. The maximum absolute atomic E-state index is 12.2. The number of nitrogens with zero attached hydrogens (tertiary/aromatic N) is 1. The number of amides is 3. The molecule has 1 aromatic rings. The van der Waals surface area contributed by atoms with Crippen LogP contribution in [0.5, 0.6) is 0 Å². The maximum Gasteiger partial charge on any atom is 0.261 e. The molecule has 0 bridgehead atoms. The fraction of sp³-hybridized carbons (Fsp3) is 0.438. The SMILES string of the molecule is CCC[C@H](C)NC(=O)CCN1C(=O)c2ccc(Br)cc2C1=O. The van der Waals surface area contributed by atoms with Crippen LogP contribution in [0.25, 0.3) is 0 Å². The zero-order valence-electron chi connectivity index (χ0n) is 12.7. The Hall–Kier alpha value is -1.69. The number of carbonyl (C=O) groups is 3. The highest BCUT2D eigenvalue weighted by atomic mass is 79.9. The predicted octanol–water partition coefficient (Wildman–Crippen LogP) is 2.74. The van der Waals surface area contributed by atoms with Gasteiger partial charge in [0.1, 0.15) is 0 Å². The number of hydrogen-bond donors (Lipinski definition) is 1. The summed E-state index contributed by atoms with van der Waals surface area (Å²) >= 11 is 3.29. The van der Waals surface area contributed by atoms with Gasteiger partial charge in [-0.15, -0.1) is 0 Å². The molecule has 0 radical (unpaired) electrons. The standard InChI is InChI=1S/C16H19BrN2O3/c1-3-4-10(2)18-14(20)7-8-19-15(21)12-6-5-11(17)9-13(12)16(19)22/h5-6,9-10H,3-4,7-8H2,1-2H3,(H,18,20)/t10-/m0/s1. The van der Waals surface area contributed by atoms with Crippen molar-refractivity contribution in [2.75, 3.05) is 6.54 Å². The van der Waals surface area contributed by atoms with Gasteiger partial charge < -0.3 is 5.32 Å². The van der Waals surface area contributed by atoms with Gasteiger partial charge in [-0.25, -0.2) is 0 Å². The summed E-state index contributed by atoms with van der Waals surface area (Å²) in [4.78, 5) is 37.5. The third-order valence-electron chi connectivity index (χ3n) is 3.62. The van der Waals surface area contributed by atoms with Gasteiger partial charge in [0, 0.05) is 23.5 Å². The van der Waals surface area contributed by atoms with E-state index in [4.69, 9.17) is 0 Å². The van der Waals surface area contributed by atoms with Crippen LogP contribution >= 0.6 is 15.9 Å². The molecule has 0 fully saturated rings. The van der Waals surface area contributed by atoms with E-state index < -0.39 is 0 Å². The first-order valence-electron chi connectivity index (χ1n) is 7.39. The van der Waals surface area contributed by atoms with Crippen molar-refractivity contribution in [2.24, 2.45) is 0 Å². The summed E-state index contributed by atoms with van der Waals surface area (Å²) in [6, 6.07) is 5.10. The second kappa shape index (κ2) is 7.05. The van der Waals surface area contributed by atoms with Gasteiger partial charge in [0.05, 0.1) is 11.1 Å². The summed E-state index contributed by atoms with van der Waals surface area (Å²) in [5.74, 6) is -0.809. The number of nitrogens with one attached hydrogen (secondary N) is 1. The Morgan fingerprint density at radius 2 is 1.95 bits per heavy atom. The van der Waals surface area contributed by atoms with E-state index in [1.165, 1.54) is 0 Å². The van der Waals surface area contributed by atoms with Crippen molar-refractivity contribution in [3.8, 4) is 0 Å². The number of rotatable bonds is 6. The summed E-state index contributed by atoms with van der Waals surface area (Å²) in [7, 11) is 0. The van der Waals surface area contributed by atoms with Crippen LogP contribution < -0.4 is 5.32 Å². The van der Waals surface area contributed by atoms with Gasteiger partial charge in [-0.1, -0.05) is 29.3 Å². The Kier molecular flexibility index (Phi) is 5.34. The highest BCUT2D eigenvalue weighted by molar-refractivity contribution is 9.10. The van der Waals surface area contributed by atoms with Crippen LogP contribution in [0.3, 0.4) is 0 Å². The maximum atomic E-state index is 12.2.